The van der Waals surface area contributed by atoms with Crippen LogP contribution in [0.1, 0.15) is 0 Å². The molecule has 1 heterocycles. The van der Waals surface area contributed by atoms with Crippen molar-refractivity contribution < 1.29 is 19.5 Å². The highest BCUT2D eigenvalue weighted by Crippen LogP contribution is 2.09. The average Bonchev–Trinajstić information content (AvgIpc) is 2.28. The number of alkyl halides is 1. The Morgan fingerprint density at radius 3 is 2.50 bits per heavy atom. The molecular formula is C5H5BrN2O4. The van der Waals surface area contributed by atoms with E-state index in [1.807, 2.05) is 5.32 Å². The number of carbonyl (C=O) groups is 3. The Morgan fingerprint density at radius 2 is 2.17 bits per heavy atom. The number of rotatable bonds is 2. The topological polar surface area (TPSA) is 95.5 Å². The minimum Gasteiger partial charge on any atom is -0.480 e. The molecule has 1 rings (SSSR count). The summed E-state index contributed by atoms with van der Waals surface area (Å²) in [5.74, 6) is -1.83. The van der Waals surface area contributed by atoms with E-state index in [1.54, 1.807) is 0 Å². The average molecular weight is 237 g/mol. The van der Waals surface area contributed by atoms with Gasteiger partial charge in [0.15, 0.2) is 0 Å². The Morgan fingerprint density at radius 1 is 1.58 bits per heavy atom. The van der Waals surface area contributed by atoms with Gasteiger partial charge in [-0.15, -0.1) is 0 Å². The summed E-state index contributed by atoms with van der Waals surface area (Å²) in [5.41, 5.74) is 0. The maximum atomic E-state index is 10.8. The molecule has 2 unspecified atom stereocenters. The van der Waals surface area contributed by atoms with E-state index >= 15 is 0 Å². The van der Waals surface area contributed by atoms with Crippen LogP contribution in [0.4, 0.5) is 4.79 Å². The second-order valence-corrected chi connectivity index (χ2v) is 3.17. The van der Waals surface area contributed by atoms with Crippen LogP contribution >= 0.6 is 15.9 Å². The maximum absolute atomic E-state index is 10.8. The summed E-state index contributed by atoms with van der Waals surface area (Å²) in [5, 5.41) is 12.5. The molecule has 0 bridgehead atoms. The number of hydrogen-bond donors (Lipinski definition) is 3. The van der Waals surface area contributed by atoms with Gasteiger partial charge in [0.25, 0.3) is 5.91 Å². The van der Waals surface area contributed by atoms with Crippen molar-refractivity contribution in [3.8, 4) is 0 Å². The summed E-state index contributed by atoms with van der Waals surface area (Å²) in [7, 11) is 0. The highest BCUT2D eigenvalue weighted by atomic mass is 79.9. The van der Waals surface area contributed by atoms with Crippen molar-refractivity contribution in [3.63, 3.8) is 0 Å². The lowest BCUT2D eigenvalue weighted by atomic mass is 10.2. The first-order valence-electron chi connectivity index (χ1n) is 3.00. The van der Waals surface area contributed by atoms with Gasteiger partial charge in [0.05, 0.1) is 0 Å². The number of carboxylic acid groups (broad SMARTS) is 1. The van der Waals surface area contributed by atoms with E-state index in [0.29, 0.717) is 0 Å². The van der Waals surface area contributed by atoms with Crippen molar-refractivity contribution in [2.45, 2.75) is 10.9 Å². The van der Waals surface area contributed by atoms with Gasteiger partial charge in [-0.1, -0.05) is 15.9 Å². The van der Waals surface area contributed by atoms with Gasteiger partial charge >= 0.3 is 12.0 Å². The van der Waals surface area contributed by atoms with E-state index in [1.165, 1.54) is 0 Å². The molecule has 0 aromatic heterocycles. The molecule has 3 N–H and O–H groups in total. The first-order valence-corrected chi connectivity index (χ1v) is 3.92. The van der Waals surface area contributed by atoms with Crippen LogP contribution in [0, 0.1) is 0 Å². The van der Waals surface area contributed by atoms with E-state index < -0.39 is 28.8 Å². The molecule has 0 aromatic rings. The van der Waals surface area contributed by atoms with E-state index in [0.717, 1.165) is 0 Å². The maximum Gasteiger partial charge on any atom is 0.322 e. The SMILES string of the molecule is O=C1NC(=O)C(C(Br)C(=O)O)N1. The molecule has 1 saturated heterocycles. The van der Waals surface area contributed by atoms with Crippen LogP contribution in [0.2, 0.25) is 0 Å². The monoisotopic (exact) mass is 236 g/mol. The Balaban J connectivity index is 2.70. The smallest absolute Gasteiger partial charge is 0.322 e. The summed E-state index contributed by atoms with van der Waals surface area (Å²) >= 11 is 2.76. The van der Waals surface area contributed by atoms with Gasteiger partial charge in [0, 0.05) is 0 Å². The van der Waals surface area contributed by atoms with Crippen molar-refractivity contribution in [1.82, 2.24) is 10.6 Å². The lowest BCUT2D eigenvalue weighted by Gasteiger charge is -2.08. The molecule has 0 spiro atoms. The largest absolute Gasteiger partial charge is 0.480 e. The number of amides is 3. The quantitative estimate of drug-likeness (QED) is 0.425. The minimum atomic E-state index is -1.20. The predicted octanol–water partition coefficient (Wildman–Crippen LogP) is -0.958. The number of urea groups is 1. The minimum absolute atomic E-state index is 0.635. The summed E-state index contributed by atoms with van der Waals surface area (Å²) < 4.78 is 0. The lowest BCUT2D eigenvalue weighted by molar-refractivity contribution is -0.138. The third kappa shape index (κ3) is 1.55. The van der Waals surface area contributed by atoms with Crippen LogP contribution in [-0.2, 0) is 9.59 Å². The van der Waals surface area contributed by atoms with Gasteiger partial charge < -0.3 is 10.4 Å². The molecule has 7 heteroatoms. The van der Waals surface area contributed by atoms with Crippen LogP contribution < -0.4 is 10.6 Å². The zero-order valence-electron chi connectivity index (χ0n) is 5.70. The Labute approximate surface area is 75.4 Å². The normalized spacial score (nSPS) is 24.6. The number of hydrogen-bond acceptors (Lipinski definition) is 3. The molecule has 1 fully saturated rings. The van der Waals surface area contributed by atoms with Gasteiger partial charge in [-0.3, -0.25) is 14.9 Å². The first kappa shape index (κ1) is 8.98. The molecule has 66 valence electrons. The molecule has 3 amide bonds. The summed E-state index contributed by atoms with van der Waals surface area (Å²) in [4.78, 5) is 30.6. The fraction of sp³-hybridized carbons (Fsp3) is 0.400. The van der Waals surface area contributed by atoms with Crippen molar-refractivity contribution in [3.05, 3.63) is 0 Å². The standard InChI is InChI=1S/C5H5BrN2O4/c6-1(4(10)11)2-3(9)8-5(12)7-2/h1-2H,(H,10,11)(H2,7,8,9,12). The molecule has 2 atom stereocenters. The molecular weight excluding hydrogens is 232 g/mol. The van der Waals surface area contributed by atoms with Crippen LogP contribution in [0.25, 0.3) is 0 Å². The Kier molecular flexibility index (Phi) is 2.32. The van der Waals surface area contributed by atoms with Crippen LogP contribution in [0.15, 0.2) is 0 Å². The van der Waals surface area contributed by atoms with E-state index in [-0.39, 0.29) is 0 Å². The third-order valence-corrected chi connectivity index (χ3v) is 2.25. The van der Waals surface area contributed by atoms with Crippen LogP contribution in [0.3, 0.4) is 0 Å². The van der Waals surface area contributed by atoms with Gasteiger partial charge in [-0.05, 0) is 0 Å². The van der Waals surface area contributed by atoms with E-state index in [4.69, 9.17) is 5.11 Å². The van der Waals surface area contributed by atoms with E-state index in [2.05, 4.69) is 21.2 Å². The fourth-order valence-corrected chi connectivity index (χ4v) is 1.15. The summed E-state index contributed by atoms with van der Waals surface area (Å²) in [6.45, 7) is 0. The first-order chi connectivity index (χ1) is 5.52. The van der Waals surface area contributed by atoms with Crippen molar-refractivity contribution in [2.24, 2.45) is 0 Å². The number of carbonyl (C=O) groups excluding carboxylic acids is 2. The number of nitrogens with one attached hydrogen (secondary N) is 2. The van der Waals surface area contributed by atoms with Crippen molar-refractivity contribution >= 4 is 33.8 Å². The van der Waals surface area contributed by atoms with E-state index in [9.17, 15) is 14.4 Å². The molecule has 0 radical (unpaired) electrons. The molecule has 1 aliphatic rings. The Hall–Kier alpha value is -1.11. The molecule has 0 aliphatic carbocycles. The second-order valence-electron chi connectivity index (χ2n) is 2.18. The predicted molar refractivity (Wildman–Crippen MR) is 40.8 cm³/mol. The molecule has 6 nitrogen and oxygen atoms in total. The second kappa shape index (κ2) is 3.10. The number of imide groups is 1. The summed E-state index contributed by atoms with van der Waals surface area (Å²) in [6.07, 6.45) is 0. The van der Waals surface area contributed by atoms with Gasteiger partial charge in [-0.2, -0.15) is 0 Å². The van der Waals surface area contributed by atoms with Gasteiger partial charge in [-0.25, -0.2) is 4.79 Å². The van der Waals surface area contributed by atoms with Crippen molar-refractivity contribution in [2.75, 3.05) is 0 Å². The van der Waals surface area contributed by atoms with Gasteiger partial charge in [0.1, 0.15) is 10.9 Å². The van der Waals surface area contributed by atoms with Gasteiger partial charge in [0.2, 0.25) is 0 Å². The zero-order valence-corrected chi connectivity index (χ0v) is 7.29. The number of carboxylic acids is 1. The Bertz CT molecular complexity index is 254. The molecule has 0 aromatic carbocycles. The highest BCUT2D eigenvalue weighted by Gasteiger charge is 2.38. The van der Waals surface area contributed by atoms with Crippen molar-refractivity contribution in [1.29, 1.82) is 0 Å². The molecule has 1 aliphatic heterocycles. The molecule has 12 heavy (non-hydrogen) atoms. The number of aliphatic carboxylic acids is 1. The van der Waals surface area contributed by atoms with Crippen LogP contribution in [0.5, 0.6) is 0 Å². The third-order valence-electron chi connectivity index (χ3n) is 1.33. The zero-order chi connectivity index (χ0) is 9.30. The lowest BCUT2D eigenvalue weighted by Crippen LogP contribution is -2.41. The highest BCUT2D eigenvalue weighted by molar-refractivity contribution is 9.10. The fourth-order valence-electron chi connectivity index (χ4n) is 0.781. The number of halogens is 1. The summed E-state index contributed by atoms with van der Waals surface area (Å²) in [6, 6.07) is -1.70. The molecule has 0 saturated carbocycles. The van der Waals surface area contributed by atoms with Crippen LogP contribution in [-0.4, -0.2) is 33.9 Å².